The molecule has 0 fully saturated rings. The van der Waals surface area contributed by atoms with Crippen molar-refractivity contribution in [2.75, 3.05) is 58.6 Å². The van der Waals surface area contributed by atoms with Crippen molar-refractivity contribution in [2.45, 2.75) is 0 Å². The van der Waals surface area contributed by atoms with Gasteiger partial charge in [-0.15, -0.1) is 0 Å². The molecule has 3 aromatic heterocycles. The molecule has 4 N–H and O–H groups in total. The molecule has 0 saturated carbocycles. The van der Waals surface area contributed by atoms with Crippen LogP contribution in [-0.4, -0.2) is 72.8 Å². The molecule has 0 spiro atoms. The number of methoxy groups -OCH3 is 6. The number of aromatic amines is 1. The van der Waals surface area contributed by atoms with Crippen LogP contribution in [0.15, 0.2) is 73.2 Å². The number of ether oxygens (including phenoxy) is 6. The number of hydrogen-bond donors (Lipinski definition) is 4. The molecule has 0 bridgehead atoms. The molecule has 0 aliphatic rings. The average Bonchev–Trinajstić information content (AvgIpc) is 3.61. The van der Waals surface area contributed by atoms with E-state index in [1.165, 1.54) is 0 Å². The maximum Gasteiger partial charge on any atom is 0.229 e. The number of nitrogens with zero attached hydrogens (tertiary/aromatic N) is 5. The van der Waals surface area contributed by atoms with E-state index < -0.39 is 0 Å². The lowest BCUT2D eigenvalue weighted by Crippen LogP contribution is -2.02. The van der Waals surface area contributed by atoms with Crippen LogP contribution in [0.2, 0.25) is 5.15 Å². The zero-order valence-corrected chi connectivity index (χ0v) is 28.2. The van der Waals surface area contributed by atoms with Gasteiger partial charge >= 0.3 is 0 Å². The van der Waals surface area contributed by atoms with Gasteiger partial charge in [0.15, 0.2) is 23.0 Å². The zero-order chi connectivity index (χ0) is 34.8. The number of rotatable bonds is 12. The predicted octanol–water partition coefficient (Wildman–Crippen LogP) is 6.77. The molecular weight excluding hydrogens is 654 g/mol. The van der Waals surface area contributed by atoms with Crippen LogP contribution in [0.25, 0.3) is 10.9 Å². The van der Waals surface area contributed by atoms with Gasteiger partial charge in [-0.25, -0.2) is 15.0 Å². The highest BCUT2D eigenvalue weighted by Crippen LogP contribution is 2.41. The van der Waals surface area contributed by atoms with Crippen LogP contribution < -0.4 is 44.4 Å². The van der Waals surface area contributed by atoms with Crippen molar-refractivity contribution in [3.63, 3.8) is 0 Å². The fourth-order valence-electron chi connectivity index (χ4n) is 4.66. The minimum atomic E-state index is 0.356. The lowest BCUT2D eigenvalue weighted by Gasteiger charge is -2.15. The Morgan fingerprint density at radius 3 is 1.65 bits per heavy atom. The summed E-state index contributed by atoms with van der Waals surface area (Å²) in [4.78, 5) is 16.9. The number of fused-ring (bicyclic) bond motifs is 1. The van der Waals surface area contributed by atoms with Crippen LogP contribution in [0.1, 0.15) is 0 Å². The summed E-state index contributed by atoms with van der Waals surface area (Å²) in [7, 11) is 9.35. The number of H-pyrrole nitrogens is 1. The minimum absolute atomic E-state index is 0.356. The third-order valence-corrected chi connectivity index (χ3v) is 7.07. The molecule has 0 atom stereocenters. The van der Waals surface area contributed by atoms with Gasteiger partial charge in [-0.2, -0.15) is 10.1 Å². The van der Waals surface area contributed by atoms with Crippen LogP contribution >= 0.6 is 11.6 Å². The number of anilines is 6. The van der Waals surface area contributed by atoms with E-state index in [0.29, 0.717) is 68.7 Å². The summed E-state index contributed by atoms with van der Waals surface area (Å²) in [5, 5.41) is 17.9. The first-order chi connectivity index (χ1) is 23.9. The van der Waals surface area contributed by atoms with Gasteiger partial charge in [0.1, 0.15) is 11.0 Å². The lowest BCUT2D eigenvalue weighted by molar-refractivity contribution is 0.324. The van der Waals surface area contributed by atoms with E-state index in [1.54, 1.807) is 97.6 Å². The van der Waals surface area contributed by atoms with E-state index in [0.717, 1.165) is 16.6 Å². The van der Waals surface area contributed by atoms with Gasteiger partial charge in [0.25, 0.3) is 0 Å². The molecule has 0 unspecified atom stereocenters. The molecule has 254 valence electrons. The molecule has 3 heterocycles. The maximum absolute atomic E-state index is 5.82. The van der Waals surface area contributed by atoms with Crippen LogP contribution in [-0.2, 0) is 0 Å². The number of para-hydroxylation sites is 1. The van der Waals surface area contributed by atoms with E-state index in [-0.39, 0.29) is 0 Å². The average molecular weight is 688 g/mol. The normalized spacial score (nSPS) is 10.3. The Labute approximate surface area is 286 Å². The summed E-state index contributed by atoms with van der Waals surface area (Å²) in [6.07, 6.45) is 5.01. The molecule has 0 radical (unpaired) electrons. The first kappa shape index (κ1) is 34.1. The topological polar surface area (TPSA) is 172 Å². The van der Waals surface area contributed by atoms with Gasteiger partial charge in [-0.05, 0) is 18.2 Å². The van der Waals surface area contributed by atoms with Crippen molar-refractivity contribution in [2.24, 2.45) is 0 Å². The fraction of sp³-hybridized carbons (Fsp3) is 0.182. The Morgan fingerprint density at radius 1 is 0.612 bits per heavy atom. The molecule has 0 amide bonds. The van der Waals surface area contributed by atoms with E-state index in [2.05, 4.69) is 46.1 Å². The molecule has 49 heavy (non-hydrogen) atoms. The lowest BCUT2D eigenvalue weighted by atomic mass is 10.2. The summed E-state index contributed by atoms with van der Waals surface area (Å²) in [5.41, 5.74) is 3.18. The summed E-state index contributed by atoms with van der Waals surface area (Å²) < 4.78 is 31.9. The monoisotopic (exact) mass is 687 g/mol. The van der Waals surface area contributed by atoms with E-state index in [4.69, 9.17) is 40.0 Å². The Kier molecular flexibility index (Phi) is 11.2. The first-order valence-electron chi connectivity index (χ1n) is 14.5. The molecule has 6 aromatic rings. The molecule has 3 aromatic carbocycles. The van der Waals surface area contributed by atoms with E-state index in [9.17, 15) is 0 Å². The van der Waals surface area contributed by atoms with Gasteiger partial charge in [0.05, 0.1) is 60.1 Å². The molecule has 0 saturated heterocycles. The van der Waals surface area contributed by atoms with Crippen molar-refractivity contribution in [1.82, 2.24) is 30.1 Å². The molecule has 16 heteroatoms. The third-order valence-electron chi connectivity index (χ3n) is 6.86. The standard InChI is InChI=1S/C20H20N6O3.C13H14ClN3O3/c1-27-15-9-13(10-16(28-2)19(15)29-3)23-20-21-8-7-17(25-20)24-14-6-4-5-12-11-22-26-18(12)14;1-18-9-6-8(7-10(19-2)12(9)20-3)16-13-15-5-4-11(14)17-13/h4-11H,1-3H3,(H,22,26)(H2,21,23,24,25);4-7H,1-3H3,(H,15,16,17). The minimum Gasteiger partial charge on any atom is -0.493 e. The molecule has 15 nitrogen and oxygen atoms in total. The largest absolute Gasteiger partial charge is 0.493 e. The van der Waals surface area contributed by atoms with Gasteiger partial charge in [-0.1, -0.05) is 23.7 Å². The molecule has 0 aliphatic carbocycles. The predicted molar refractivity (Wildman–Crippen MR) is 187 cm³/mol. The van der Waals surface area contributed by atoms with Crippen LogP contribution in [0.3, 0.4) is 0 Å². The van der Waals surface area contributed by atoms with E-state index >= 15 is 0 Å². The first-order valence-corrected chi connectivity index (χ1v) is 14.9. The Bertz CT molecular complexity index is 1980. The van der Waals surface area contributed by atoms with Crippen molar-refractivity contribution in [1.29, 1.82) is 0 Å². The highest BCUT2D eigenvalue weighted by atomic mass is 35.5. The van der Waals surface area contributed by atoms with Gasteiger partial charge < -0.3 is 44.4 Å². The Balaban J connectivity index is 0.000000205. The van der Waals surface area contributed by atoms with Crippen molar-refractivity contribution < 1.29 is 28.4 Å². The Morgan fingerprint density at radius 2 is 1.14 bits per heavy atom. The highest BCUT2D eigenvalue weighted by molar-refractivity contribution is 6.29. The zero-order valence-electron chi connectivity index (χ0n) is 27.5. The maximum atomic E-state index is 5.82. The summed E-state index contributed by atoms with van der Waals surface area (Å²) in [6.45, 7) is 0. The van der Waals surface area contributed by atoms with Gasteiger partial charge in [0.2, 0.25) is 23.4 Å². The Hall–Kier alpha value is -6.22. The van der Waals surface area contributed by atoms with Gasteiger partial charge in [0, 0.05) is 53.4 Å². The highest BCUT2D eigenvalue weighted by Gasteiger charge is 2.15. The van der Waals surface area contributed by atoms with Crippen molar-refractivity contribution in [3.8, 4) is 34.5 Å². The second-order valence-corrected chi connectivity index (χ2v) is 10.2. The SMILES string of the molecule is COc1cc(Nc2nccc(Cl)n2)cc(OC)c1OC.COc1cc(Nc2nccc(Nc3cccc4cn[nH]c34)n2)cc(OC)c1OC. The summed E-state index contributed by atoms with van der Waals surface area (Å²) >= 11 is 5.82. The molecular formula is C33H34ClN9O6. The van der Waals surface area contributed by atoms with E-state index in [1.807, 2.05) is 18.2 Å². The second kappa shape index (κ2) is 16.1. The van der Waals surface area contributed by atoms with Crippen LogP contribution in [0, 0.1) is 0 Å². The van der Waals surface area contributed by atoms with Crippen LogP contribution in [0.5, 0.6) is 34.5 Å². The van der Waals surface area contributed by atoms with Crippen molar-refractivity contribution >= 4 is 57.3 Å². The van der Waals surface area contributed by atoms with Crippen LogP contribution in [0.4, 0.5) is 34.8 Å². The fourth-order valence-corrected chi connectivity index (χ4v) is 4.80. The van der Waals surface area contributed by atoms with Crippen molar-refractivity contribution in [3.05, 3.63) is 78.3 Å². The number of hydrogen-bond acceptors (Lipinski definition) is 14. The smallest absolute Gasteiger partial charge is 0.229 e. The number of benzene rings is 3. The second-order valence-electron chi connectivity index (χ2n) is 9.81. The summed E-state index contributed by atoms with van der Waals surface area (Å²) in [5.74, 6) is 4.62. The third kappa shape index (κ3) is 8.20. The molecule has 6 rings (SSSR count). The summed E-state index contributed by atoms with van der Waals surface area (Å²) in [6, 6.07) is 16.4. The quantitative estimate of drug-likeness (QED) is 0.0994. The number of halogens is 1. The molecule has 0 aliphatic heterocycles. The number of aromatic nitrogens is 6. The van der Waals surface area contributed by atoms with Gasteiger partial charge in [-0.3, -0.25) is 5.10 Å². The number of nitrogens with one attached hydrogen (secondary N) is 4.